The Morgan fingerprint density at radius 3 is 1.70 bits per heavy atom. The number of rotatable bonds is 13. The summed E-state index contributed by atoms with van der Waals surface area (Å²) in [7, 11) is 0. The second kappa shape index (κ2) is 13.3. The maximum atomic E-state index is 13.0. The van der Waals surface area contributed by atoms with Crippen LogP contribution in [-0.4, -0.2) is 12.5 Å². The smallest absolute Gasteiger partial charge is 0.223 e. The van der Waals surface area contributed by atoms with Gasteiger partial charge in [-0.2, -0.15) is 0 Å². The van der Waals surface area contributed by atoms with Gasteiger partial charge in [0, 0.05) is 12.5 Å². The fourth-order valence-corrected chi connectivity index (χ4v) is 3.78. The van der Waals surface area contributed by atoms with Gasteiger partial charge >= 0.3 is 0 Å². The number of benzene rings is 2. The molecule has 1 N–H and O–H groups in total. The average Bonchev–Trinajstić information content (AvgIpc) is 2.77. The van der Waals surface area contributed by atoms with Crippen molar-refractivity contribution in [3.05, 3.63) is 71.8 Å². The van der Waals surface area contributed by atoms with Gasteiger partial charge in [0.15, 0.2) is 0 Å². The number of carbonyl (C=O) groups is 1. The van der Waals surface area contributed by atoms with E-state index in [2.05, 4.69) is 81.5 Å². The molecule has 0 aliphatic rings. The normalized spacial score (nSPS) is 13.4. The van der Waals surface area contributed by atoms with Crippen LogP contribution in [0.4, 0.5) is 0 Å². The minimum Gasteiger partial charge on any atom is -0.356 e. The lowest BCUT2D eigenvalue weighted by Crippen LogP contribution is -2.34. The molecule has 2 rings (SSSR count). The Morgan fingerprint density at radius 2 is 1.23 bits per heavy atom. The zero-order chi connectivity index (χ0) is 21.8. The first-order valence-electron chi connectivity index (χ1n) is 11.8. The third-order valence-electron chi connectivity index (χ3n) is 6.50. The molecule has 2 heteroatoms. The van der Waals surface area contributed by atoms with Gasteiger partial charge in [0.05, 0.1) is 0 Å². The predicted octanol–water partition coefficient (Wildman–Crippen LogP) is 6.69. The van der Waals surface area contributed by atoms with E-state index in [4.69, 9.17) is 0 Å². The molecule has 0 heterocycles. The molecule has 0 fully saturated rings. The Morgan fingerprint density at radius 1 is 0.733 bits per heavy atom. The van der Waals surface area contributed by atoms with Crippen molar-refractivity contribution in [3.8, 4) is 0 Å². The van der Waals surface area contributed by atoms with E-state index in [-0.39, 0.29) is 11.8 Å². The van der Waals surface area contributed by atoms with Crippen molar-refractivity contribution < 1.29 is 4.79 Å². The Hall–Kier alpha value is -2.09. The van der Waals surface area contributed by atoms with E-state index in [0.29, 0.717) is 5.92 Å². The molecule has 0 saturated carbocycles. The van der Waals surface area contributed by atoms with Crippen molar-refractivity contribution in [2.75, 3.05) is 6.54 Å². The molecule has 2 aromatic carbocycles. The number of nitrogens with one attached hydrogen (secondary N) is 1. The summed E-state index contributed by atoms with van der Waals surface area (Å²) in [6, 6.07) is 21.0. The first-order valence-corrected chi connectivity index (χ1v) is 11.8. The molecular formula is C28H41NO. The van der Waals surface area contributed by atoms with Gasteiger partial charge in [-0.3, -0.25) is 4.79 Å². The molecule has 0 radical (unpaired) electrons. The van der Waals surface area contributed by atoms with Crippen LogP contribution in [0.25, 0.3) is 0 Å². The largest absolute Gasteiger partial charge is 0.356 e. The molecule has 0 aliphatic heterocycles. The van der Waals surface area contributed by atoms with Crippen molar-refractivity contribution in [2.24, 2.45) is 23.7 Å². The van der Waals surface area contributed by atoms with Crippen LogP contribution in [-0.2, 0) is 17.6 Å². The molecule has 0 spiro atoms. The monoisotopic (exact) mass is 407 g/mol. The highest BCUT2D eigenvalue weighted by molar-refractivity contribution is 5.78. The number of hydrogen-bond acceptors (Lipinski definition) is 1. The van der Waals surface area contributed by atoms with E-state index in [1.807, 2.05) is 12.1 Å². The van der Waals surface area contributed by atoms with Crippen LogP contribution in [0.2, 0.25) is 0 Å². The molecule has 2 nitrogen and oxygen atoms in total. The van der Waals surface area contributed by atoms with E-state index in [1.165, 1.54) is 24.0 Å². The fraction of sp³-hybridized carbons (Fsp3) is 0.536. The lowest BCUT2D eigenvalue weighted by atomic mass is 9.89. The Labute approximate surface area is 184 Å². The summed E-state index contributed by atoms with van der Waals surface area (Å²) in [5, 5.41) is 3.27. The maximum absolute atomic E-state index is 13.0. The SMILES string of the molecule is CC(C)C(C)CC[C@H](C)CNC(=O)C(CCc1ccccc1)CCc1ccccc1. The average molecular weight is 408 g/mol. The Balaban J connectivity index is 1.86. The molecule has 2 atom stereocenters. The first kappa shape index (κ1) is 24.2. The summed E-state index contributed by atoms with van der Waals surface area (Å²) >= 11 is 0. The summed E-state index contributed by atoms with van der Waals surface area (Å²) in [4.78, 5) is 13.0. The van der Waals surface area contributed by atoms with E-state index >= 15 is 0 Å². The molecular weight excluding hydrogens is 366 g/mol. The van der Waals surface area contributed by atoms with Crippen LogP contribution >= 0.6 is 0 Å². The highest BCUT2D eigenvalue weighted by atomic mass is 16.1. The van der Waals surface area contributed by atoms with E-state index in [9.17, 15) is 4.79 Å². The molecule has 0 saturated heterocycles. The minimum absolute atomic E-state index is 0.0622. The summed E-state index contributed by atoms with van der Waals surface area (Å²) < 4.78 is 0. The third kappa shape index (κ3) is 9.15. The Kier molecular flexibility index (Phi) is 10.7. The number of carbonyl (C=O) groups excluding carboxylic acids is 1. The molecule has 2 aromatic rings. The van der Waals surface area contributed by atoms with Gasteiger partial charge in [-0.15, -0.1) is 0 Å². The molecule has 0 aliphatic carbocycles. The standard InChI is InChI=1S/C28H41NO/c1-22(2)24(4)16-15-23(3)21-29-28(30)27(19-17-25-11-7-5-8-12-25)20-18-26-13-9-6-10-14-26/h5-14,22-24,27H,15-21H2,1-4H3,(H,29,30)/t23-,24?/m0/s1. The second-order valence-corrected chi connectivity index (χ2v) is 9.39. The van der Waals surface area contributed by atoms with Crippen LogP contribution in [0.15, 0.2) is 60.7 Å². The number of aryl methyl sites for hydroxylation is 2. The van der Waals surface area contributed by atoms with Crippen molar-refractivity contribution >= 4 is 5.91 Å². The molecule has 164 valence electrons. The zero-order valence-corrected chi connectivity index (χ0v) is 19.4. The lowest BCUT2D eigenvalue weighted by molar-refractivity contribution is -0.125. The van der Waals surface area contributed by atoms with Crippen LogP contribution in [0.3, 0.4) is 0 Å². The molecule has 30 heavy (non-hydrogen) atoms. The van der Waals surface area contributed by atoms with E-state index in [1.54, 1.807) is 0 Å². The van der Waals surface area contributed by atoms with Crippen LogP contribution in [0.5, 0.6) is 0 Å². The van der Waals surface area contributed by atoms with Crippen LogP contribution in [0, 0.1) is 23.7 Å². The maximum Gasteiger partial charge on any atom is 0.223 e. The zero-order valence-electron chi connectivity index (χ0n) is 19.4. The lowest BCUT2D eigenvalue weighted by Gasteiger charge is -2.21. The van der Waals surface area contributed by atoms with Crippen molar-refractivity contribution in [1.82, 2.24) is 5.32 Å². The summed E-state index contributed by atoms with van der Waals surface area (Å²) in [6.45, 7) is 9.97. The fourth-order valence-electron chi connectivity index (χ4n) is 3.78. The summed E-state index contributed by atoms with van der Waals surface area (Å²) in [6.07, 6.45) is 6.13. The van der Waals surface area contributed by atoms with E-state index in [0.717, 1.165) is 44.1 Å². The first-order chi connectivity index (χ1) is 14.5. The van der Waals surface area contributed by atoms with Crippen molar-refractivity contribution in [3.63, 3.8) is 0 Å². The molecule has 0 aromatic heterocycles. The van der Waals surface area contributed by atoms with Gasteiger partial charge in [-0.05, 0) is 61.0 Å². The quantitative estimate of drug-likeness (QED) is 0.393. The summed E-state index contributed by atoms with van der Waals surface area (Å²) in [5.41, 5.74) is 2.62. The molecule has 1 amide bonds. The number of amides is 1. The highest BCUT2D eigenvalue weighted by Crippen LogP contribution is 2.20. The van der Waals surface area contributed by atoms with Crippen LogP contribution in [0.1, 0.15) is 64.5 Å². The van der Waals surface area contributed by atoms with Crippen molar-refractivity contribution in [1.29, 1.82) is 0 Å². The van der Waals surface area contributed by atoms with Gasteiger partial charge in [-0.25, -0.2) is 0 Å². The third-order valence-corrected chi connectivity index (χ3v) is 6.50. The topological polar surface area (TPSA) is 29.1 Å². The Bertz CT molecular complexity index is 666. The van der Waals surface area contributed by atoms with Gasteiger partial charge in [0.2, 0.25) is 5.91 Å². The van der Waals surface area contributed by atoms with E-state index < -0.39 is 0 Å². The molecule has 0 bridgehead atoms. The van der Waals surface area contributed by atoms with Gasteiger partial charge in [0.1, 0.15) is 0 Å². The van der Waals surface area contributed by atoms with Gasteiger partial charge < -0.3 is 5.32 Å². The van der Waals surface area contributed by atoms with Gasteiger partial charge in [-0.1, -0.05) is 94.8 Å². The van der Waals surface area contributed by atoms with Crippen molar-refractivity contribution in [2.45, 2.75) is 66.2 Å². The highest BCUT2D eigenvalue weighted by Gasteiger charge is 2.19. The predicted molar refractivity (Wildman–Crippen MR) is 128 cm³/mol. The minimum atomic E-state index is 0.0622. The summed E-state index contributed by atoms with van der Waals surface area (Å²) in [5.74, 6) is 2.29. The van der Waals surface area contributed by atoms with Gasteiger partial charge in [0.25, 0.3) is 0 Å². The second-order valence-electron chi connectivity index (χ2n) is 9.39. The van der Waals surface area contributed by atoms with Crippen LogP contribution < -0.4 is 5.32 Å². The number of hydrogen-bond donors (Lipinski definition) is 1. The molecule has 1 unspecified atom stereocenters.